The molecule has 1 heterocycles. The molecular weight excluding hydrogens is 455 g/mol. The van der Waals surface area contributed by atoms with Crippen molar-refractivity contribution in [2.75, 3.05) is 46.3 Å². The van der Waals surface area contributed by atoms with Gasteiger partial charge >= 0.3 is 0 Å². The molecule has 0 saturated carbocycles. The highest BCUT2D eigenvalue weighted by molar-refractivity contribution is 14.0. The highest BCUT2D eigenvalue weighted by Crippen LogP contribution is 2.22. The summed E-state index contributed by atoms with van der Waals surface area (Å²) in [6.07, 6.45) is 1.27. The number of hydrogen-bond acceptors (Lipinski definition) is 3. The third-order valence-electron chi connectivity index (χ3n) is 4.84. The number of halogens is 1. The Morgan fingerprint density at radius 1 is 1.31 bits per heavy atom. The van der Waals surface area contributed by atoms with E-state index in [1.54, 1.807) is 0 Å². The number of nitrogens with zero attached hydrogens (tertiary/aromatic N) is 3. The summed E-state index contributed by atoms with van der Waals surface area (Å²) in [4.78, 5) is 10.8. The van der Waals surface area contributed by atoms with Crippen molar-refractivity contribution in [3.8, 4) is 0 Å². The maximum Gasteiger partial charge on any atom is 0.193 e. The predicted molar refractivity (Wildman–Crippen MR) is 126 cm³/mol. The lowest BCUT2D eigenvalue weighted by molar-refractivity contribution is 0.255. The van der Waals surface area contributed by atoms with Crippen LogP contribution in [0.1, 0.15) is 27.2 Å². The Morgan fingerprint density at radius 3 is 2.62 bits per heavy atom. The minimum absolute atomic E-state index is 0. The van der Waals surface area contributed by atoms with Gasteiger partial charge in [0.15, 0.2) is 5.96 Å². The topological polar surface area (TPSA) is 30.9 Å². The molecule has 1 fully saturated rings. The van der Waals surface area contributed by atoms with Crippen molar-refractivity contribution in [2.45, 2.75) is 37.3 Å². The Hall–Kier alpha value is -0.470. The minimum Gasteiger partial charge on any atom is -0.355 e. The van der Waals surface area contributed by atoms with Gasteiger partial charge in [-0.15, -0.1) is 35.7 Å². The molecule has 2 rings (SSSR count). The fraction of sp³-hybridized carbons (Fsp3) is 0.650. The highest BCUT2D eigenvalue weighted by Gasteiger charge is 2.26. The van der Waals surface area contributed by atoms with E-state index >= 15 is 0 Å². The summed E-state index contributed by atoms with van der Waals surface area (Å²) in [7, 11) is 1.90. The Bertz CT molecular complexity index is 522. The van der Waals surface area contributed by atoms with Gasteiger partial charge in [-0.1, -0.05) is 39.0 Å². The van der Waals surface area contributed by atoms with Crippen LogP contribution < -0.4 is 5.32 Å². The molecule has 1 aromatic carbocycles. The second-order valence-electron chi connectivity index (χ2n) is 6.76. The molecule has 1 N–H and O–H groups in total. The first-order chi connectivity index (χ1) is 12.2. The van der Waals surface area contributed by atoms with Gasteiger partial charge in [-0.3, -0.25) is 4.99 Å². The number of hydrogen-bond donors (Lipinski definition) is 1. The lowest BCUT2D eigenvalue weighted by Crippen LogP contribution is -2.42. The first-order valence-corrected chi connectivity index (χ1v) is 10.4. The molecule has 148 valence electrons. The normalized spacial score (nSPS) is 18.7. The fourth-order valence-electron chi connectivity index (χ4n) is 3.36. The molecule has 0 aliphatic carbocycles. The van der Waals surface area contributed by atoms with Gasteiger partial charge in [-0.05, 0) is 37.6 Å². The molecule has 4 nitrogen and oxygen atoms in total. The second kappa shape index (κ2) is 12.8. The molecule has 1 aliphatic rings. The third kappa shape index (κ3) is 7.64. The average Bonchev–Trinajstić information content (AvgIpc) is 3.09. The molecule has 1 aromatic rings. The summed E-state index contributed by atoms with van der Waals surface area (Å²) in [5.74, 6) is 1.82. The average molecular weight is 490 g/mol. The predicted octanol–water partition coefficient (Wildman–Crippen LogP) is 4.02. The standard InChI is InChI=1S/C20H34N4S.HI/c1-5-23(6-2)15-18-12-13-24(16-18)20(21-4)22-14-17(3)25-19-10-8-7-9-11-19;/h7-11,17-18H,5-6,12-16H2,1-4H3,(H,21,22);1H. The van der Waals surface area contributed by atoms with E-state index in [1.165, 1.54) is 17.9 Å². The first-order valence-electron chi connectivity index (χ1n) is 9.55. The van der Waals surface area contributed by atoms with Crippen LogP contribution in [0.25, 0.3) is 0 Å². The number of aliphatic imine (C=N–C) groups is 1. The Labute approximate surface area is 181 Å². The quantitative estimate of drug-likeness (QED) is 0.258. The van der Waals surface area contributed by atoms with Gasteiger partial charge in [0.25, 0.3) is 0 Å². The summed E-state index contributed by atoms with van der Waals surface area (Å²) >= 11 is 1.91. The molecule has 0 radical (unpaired) electrons. The maximum atomic E-state index is 4.51. The summed E-state index contributed by atoms with van der Waals surface area (Å²) in [6.45, 7) is 13.4. The van der Waals surface area contributed by atoms with E-state index in [-0.39, 0.29) is 24.0 Å². The monoisotopic (exact) mass is 490 g/mol. The Balaban J connectivity index is 0.00000338. The molecule has 2 unspecified atom stereocenters. The van der Waals surface area contributed by atoms with E-state index in [1.807, 2.05) is 18.8 Å². The zero-order chi connectivity index (χ0) is 18.1. The van der Waals surface area contributed by atoms with E-state index in [9.17, 15) is 0 Å². The zero-order valence-corrected chi connectivity index (χ0v) is 19.8. The van der Waals surface area contributed by atoms with Gasteiger partial charge in [-0.2, -0.15) is 0 Å². The molecule has 1 aliphatic heterocycles. The molecule has 0 spiro atoms. The molecule has 0 amide bonds. The number of nitrogens with one attached hydrogen (secondary N) is 1. The number of rotatable bonds is 8. The van der Waals surface area contributed by atoms with Gasteiger partial charge in [0.05, 0.1) is 0 Å². The van der Waals surface area contributed by atoms with Crippen molar-refractivity contribution >= 4 is 41.7 Å². The number of likely N-dealkylation sites (tertiary alicyclic amines) is 1. The summed E-state index contributed by atoms with van der Waals surface area (Å²) < 4.78 is 0. The molecule has 0 aromatic heterocycles. The first kappa shape index (κ1) is 23.6. The van der Waals surface area contributed by atoms with E-state index in [0.29, 0.717) is 5.25 Å². The van der Waals surface area contributed by atoms with Crippen molar-refractivity contribution in [3.05, 3.63) is 30.3 Å². The van der Waals surface area contributed by atoms with Crippen LogP contribution >= 0.6 is 35.7 Å². The molecule has 6 heteroatoms. The lowest BCUT2D eigenvalue weighted by Gasteiger charge is -2.25. The maximum absolute atomic E-state index is 4.51. The molecule has 0 bridgehead atoms. The molecule has 2 atom stereocenters. The van der Waals surface area contributed by atoms with Crippen LogP contribution in [0, 0.1) is 5.92 Å². The van der Waals surface area contributed by atoms with Crippen LogP contribution in [0.3, 0.4) is 0 Å². The highest BCUT2D eigenvalue weighted by atomic mass is 127. The van der Waals surface area contributed by atoms with Crippen LogP contribution in [-0.4, -0.2) is 67.3 Å². The Morgan fingerprint density at radius 2 is 2.00 bits per heavy atom. The van der Waals surface area contributed by atoms with Crippen molar-refractivity contribution in [2.24, 2.45) is 10.9 Å². The van der Waals surface area contributed by atoms with Gasteiger partial charge in [-0.25, -0.2) is 0 Å². The largest absolute Gasteiger partial charge is 0.355 e. The van der Waals surface area contributed by atoms with Gasteiger partial charge < -0.3 is 15.1 Å². The van der Waals surface area contributed by atoms with Crippen molar-refractivity contribution < 1.29 is 0 Å². The van der Waals surface area contributed by atoms with Crippen LogP contribution in [0.4, 0.5) is 0 Å². The number of thioether (sulfide) groups is 1. The molecule has 1 saturated heterocycles. The third-order valence-corrected chi connectivity index (χ3v) is 5.95. The SMILES string of the molecule is CCN(CC)CC1CCN(C(=NC)NCC(C)Sc2ccccc2)C1.I. The minimum atomic E-state index is 0. The van der Waals surface area contributed by atoms with Crippen LogP contribution in [0.5, 0.6) is 0 Å². The zero-order valence-electron chi connectivity index (χ0n) is 16.6. The van der Waals surface area contributed by atoms with Crippen LogP contribution in [0.2, 0.25) is 0 Å². The summed E-state index contributed by atoms with van der Waals surface area (Å²) in [6, 6.07) is 10.6. The van der Waals surface area contributed by atoms with E-state index in [4.69, 9.17) is 0 Å². The lowest BCUT2D eigenvalue weighted by atomic mass is 10.1. The molecule has 26 heavy (non-hydrogen) atoms. The van der Waals surface area contributed by atoms with E-state index < -0.39 is 0 Å². The van der Waals surface area contributed by atoms with Gasteiger partial charge in [0.2, 0.25) is 0 Å². The van der Waals surface area contributed by atoms with E-state index in [0.717, 1.165) is 44.6 Å². The van der Waals surface area contributed by atoms with Crippen molar-refractivity contribution in [3.63, 3.8) is 0 Å². The van der Waals surface area contributed by atoms with Crippen molar-refractivity contribution in [1.82, 2.24) is 15.1 Å². The smallest absolute Gasteiger partial charge is 0.193 e. The summed E-state index contributed by atoms with van der Waals surface area (Å²) in [5.41, 5.74) is 0. The van der Waals surface area contributed by atoms with Crippen LogP contribution in [-0.2, 0) is 0 Å². The summed E-state index contributed by atoms with van der Waals surface area (Å²) in [5, 5.41) is 4.08. The fourth-order valence-corrected chi connectivity index (χ4v) is 4.31. The number of benzene rings is 1. The Kier molecular flexibility index (Phi) is 11.6. The number of guanidine groups is 1. The second-order valence-corrected chi connectivity index (χ2v) is 8.27. The van der Waals surface area contributed by atoms with E-state index in [2.05, 4.69) is 71.2 Å². The van der Waals surface area contributed by atoms with Gasteiger partial charge in [0, 0.05) is 43.4 Å². The van der Waals surface area contributed by atoms with Crippen molar-refractivity contribution in [1.29, 1.82) is 0 Å². The molecular formula is C20H35IN4S. The van der Waals surface area contributed by atoms with Gasteiger partial charge in [0.1, 0.15) is 0 Å². The van der Waals surface area contributed by atoms with Crippen LogP contribution in [0.15, 0.2) is 40.2 Å².